The fourth-order valence-corrected chi connectivity index (χ4v) is 2.19. The van der Waals surface area contributed by atoms with Gasteiger partial charge in [0.25, 0.3) is 0 Å². The van der Waals surface area contributed by atoms with Gasteiger partial charge in [0, 0.05) is 41.3 Å². The normalized spacial score (nSPS) is 13.1. The van der Waals surface area contributed by atoms with Gasteiger partial charge in [0.05, 0.1) is 0 Å². The molecule has 0 saturated heterocycles. The third-order valence-corrected chi connectivity index (χ3v) is 3.55. The quantitative estimate of drug-likeness (QED) is 0.857. The highest BCUT2D eigenvalue weighted by Gasteiger charge is 2.04. The summed E-state index contributed by atoms with van der Waals surface area (Å²) >= 11 is 6.15. The van der Waals surface area contributed by atoms with Crippen molar-refractivity contribution < 1.29 is 0 Å². The number of nitrogens with zero attached hydrogens (tertiary/aromatic N) is 1. The molecule has 2 aromatic rings. The van der Waals surface area contributed by atoms with Crippen molar-refractivity contribution in [3.05, 3.63) is 35.5 Å². The van der Waals surface area contributed by atoms with E-state index in [0.717, 1.165) is 29.9 Å². The van der Waals surface area contributed by atoms with Gasteiger partial charge in [-0.25, -0.2) is 0 Å². The van der Waals surface area contributed by atoms with Crippen LogP contribution in [0.5, 0.6) is 0 Å². The number of hydrogen-bond donors (Lipinski definition) is 1. The van der Waals surface area contributed by atoms with Gasteiger partial charge in [-0.3, -0.25) is 0 Å². The summed E-state index contributed by atoms with van der Waals surface area (Å²) in [6.45, 7) is 6.38. The van der Waals surface area contributed by atoms with Gasteiger partial charge in [-0.15, -0.1) is 0 Å². The first kappa shape index (κ1) is 12.5. The van der Waals surface area contributed by atoms with E-state index in [2.05, 4.69) is 42.1 Å². The van der Waals surface area contributed by atoms with Crippen LogP contribution in [0.3, 0.4) is 0 Å². The maximum absolute atomic E-state index is 6.15. The number of halogens is 1. The summed E-state index contributed by atoms with van der Waals surface area (Å²) in [6.07, 6.45) is 3.27. The second kappa shape index (κ2) is 5.56. The molecule has 0 spiro atoms. The zero-order valence-electron chi connectivity index (χ0n) is 10.4. The molecule has 1 atom stereocenters. The number of rotatable bonds is 5. The molecule has 2 rings (SSSR count). The topological polar surface area (TPSA) is 17.0 Å². The summed E-state index contributed by atoms with van der Waals surface area (Å²) in [5.41, 5.74) is 1.21. The smallest absolute Gasteiger partial charge is 0.0499 e. The van der Waals surface area contributed by atoms with E-state index in [-0.39, 0.29) is 0 Å². The molecule has 0 aliphatic rings. The zero-order chi connectivity index (χ0) is 12.3. The SMILES string of the molecule is CCC(C)NCCn1ccc2c(Cl)cccc21. The Morgan fingerprint density at radius 1 is 1.35 bits per heavy atom. The zero-order valence-corrected chi connectivity index (χ0v) is 11.2. The number of aromatic nitrogens is 1. The molecule has 2 nitrogen and oxygen atoms in total. The van der Waals surface area contributed by atoms with Crippen LogP contribution in [0.1, 0.15) is 20.3 Å². The van der Waals surface area contributed by atoms with E-state index < -0.39 is 0 Å². The van der Waals surface area contributed by atoms with Crippen LogP contribution in [0.15, 0.2) is 30.5 Å². The van der Waals surface area contributed by atoms with Crippen molar-refractivity contribution in [3.63, 3.8) is 0 Å². The molecule has 0 aliphatic heterocycles. The molecule has 0 aliphatic carbocycles. The molecule has 1 aromatic carbocycles. The van der Waals surface area contributed by atoms with Crippen molar-refractivity contribution in [1.82, 2.24) is 9.88 Å². The first-order valence-corrected chi connectivity index (χ1v) is 6.57. The number of fused-ring (bicyclic) bond motifs is 1. The van der Waals surface area contributed by atoms with E-state index in [1.54, 1.807) is 0 Å². The van der Waals surface area contributed by atoms with Crippen molar-refractivity contribution in [2.45, 2.75) is 32.9 Å². The number of hydrogen-bond acceptors (Lipinski definition) is 1. The van der Waals surface area contributed by atoms with Gasteiger partial charge >= 0.3 is 0 Å². The lowest BCUT2D eigenvalue weighted by atomic mass is 10.2. The third kappa shape index (κ3) is 2.82. The molecule has 0 bridgehead atoms. The van der Waals surface area contributed by atoms with Crippen LogP contribution in [-0.2, 0) is 6.54 Å². The summed E-state index contributed by atoms with van der Waals surface area (Å²) in [7, 11) is 0. The van der Waals surface area contributed by atoms with Gasteiger partial charge in [-0.2, -0.15) is 0 Å². The fourth-order valence-electron chi connectivity index (χ4n) is 1.96. The Hall–Kier alpha value is -0.990. The van der Waals surface area contributed by atoms with Gasteiger partial charge in [-0.05, 0) is 31.5 Å². The molecular formula is C14H19ClN2. The minimum Gasteiger partial charge on any atom is -0.346 e. The largest absolute Gasteiger partial charge is 0.346 e. The monoisotopic (exact) mass is 250 g/mol. The van der Waals surface area contributed by atoms with Crippen LogP contribution in [0, 0.1) is 0 Å². The van der Waals surface area contributed by atoms with Crippen LogP contribution in [0.2, 0.25) is 5.02 Å². The van der Waals surface area contributed by atoms with Crippen molar-refractivity contribution in [2.24, 2.45) is 0 Å². The van der Waals surface area contributed by atoms with E-state index in [0.29, 0.717) is 6.04 Å². The van der Waals surface area contributed by atoms with Gasteiger partial charge < -0.3 is 9.88 Å². The Morgan fingerprint density at radius 2 is 2.18 bits per heavy atom. The molecule has 1 N–H and O–H groups in total. The Balaban J connectivity index is 2.07. The van der Waals surface area contributed by atoms with Gasteiger partial charge in [0.2, 0.25) is 0 Å². The van der Waals surface area contributed by atoms with E-state index in [1.807, 2.05) is 12.1 Å². The van der Waals surface area contributed by atoms with E-state index >= 15 is 0 Å². The van der Waals surface area contributed by atoms with Crippen molar-refractivity contribution in [1.29, 1.82) is 0 Å². The predicted octanol–water partition coefficient (Wildman–Crippen LogP) is 3.68. The second-order valence-corrected chi connectivity index (χ2v) is 4.85. The Kier molecular flexibility index (Phi) is 4.08. The van der Waals surface area contributed by atoms with Crippen LogP contribution in [0.25, 0.3) is 10.9 Å². The summed E-state index contributed by atoms with van der Waals surface area (Å²) in [6, 6.07) is 8.72. The maximum Gasteiger partial charge on any atom is 0.0499 e. The maximum atomic E-state index is 6.15. The van der Waals surface area contributed by atoms with Gasteiger partial charge in [0.1, 0.15) is 0 Å². The molecular weight excluding hydrogens is 232 g/mol. The molecule has 0 radical (unpaired) electrons. The Labute approximate surface area is 108 Å². The van der Waals surface area contributed by atoms with Crippen LogP contribution >= 0.6 is 11.6 Å². The highest BCUT2D eigenvalue weighted by Crippen LogP contribution is 2.23. The average molecular weight is 251 g/mol. The van der Waals surface area contributed by atoms with Crippen molar-refractivity contribution >= 4 is 22.5 Å². The van der Waals surface area contributed by atoms with E-state index in [1.165, 1.54) is 5.52 Å². The molecule has 1 unspecified atom stereocenters. The standard InChI is InChI=1S/C14H19ClN2/c1-3-11(2)16-8-10-17-9-7-12-13(15)5-4-6-14(12)17/h4-7,9,11,16H,3,8,10H2,1-2H3. The predicted molar refractivity (Wildman–Crippen MR) is 74.7 cm³/mol. The van der Waals surface area contributed by atoms with Crippen molar-refractivity contribution in [3.8, 4) is 0 Å². The molecule has 1 aromatic heterocycles. The summed E-state index contributed by atoms with van der Waals surface area (Å²) in [5, 5.41) is 5.46. The first-order valence-electron chi connectivity index (χ1n) is 6.19. The molecule has 17 heavy (non-hydrogen) atoms. The number of benzene rings is 1. The molecule has 0 fully saturated rings. The van der Waals surface area contributed by atoms with Crippen LogP contribution in [-0.4, -0.2) is 17.2 Å². The Bertz CT molecular complexity index is 490. The summed E-state index contributed by atoms with van der Waals surface area (Å²) < 4.78 is 2.25. The van der Waals surface area contributed by atoms with Crippen LogP contribution < -0.4 is 5.32 Å². The molecule has 0 saturated carbocycles. The van der Waals surface area contributed by atoms with E-state index in [4.69, 9.17) is 11.6 Å². The Morgan fingerprint density at radius 3 is 2.94 bits per heavy atom. The lowest BCUT2D eigenvalue weighted by molar-refractivity contribution is 0.509. The molecule has 92 valence electrons. The minimum absolute atomic E-state index is 0.584. The minimum atomic E-state index is 0.584. The second-order valence-electron chi connectivity index (χ2n) is 4.45. The molecule has 1 heterocycles. The van der Waals surface area contributed by atoms with Gasteiger partial charge in [-0.1, -0.05) is 24.6 Å². The summed E-state index contributed by atoms with van der Waals surface area (Å²) in [5.74, 6) is 0. The van der Waals surface area contributed by atoms with Crippen LogP contribution in [0.4, 0.5) is 0 Å². The van der Waals surface area contributed by atoms with E-state index in [9.17, 15) is 0 Å². The lowest BCUT2D eigenvalue weighted by Gasteiger charge is -2.12. The summed E-state index contributed by atoms with van der Waals surface area (Å²) in [4.78, 5) is 0. The van der Waals surface area contributed by atoms with Gasteiger partial charge in [0.15, 0.2) is 0 Å². The molecule has 0 amide bonds. The molecule has 3 heteroatoms. The average Bonchev–Trinajstić information content (AvgIpc) is 2.74. The highest BCUT2D eigenvalue weighted by molar-refractivity contribution is 6.35. The fraction of sp³-hybridized carbons (Fsp3) is 0.429. The highest BCUT2D eigenvalue weighted by atomic mass is 35.5. The first-order chi connectivity index (χ1) is 8.22. The number of nitrogens with one attached hydrogen (secondary N) is 1. The van der Waals surface area contributed by atoms with Crippen molar-refractivity contribution in [2.75, 3.05) is 6.54 Å². The lowest BCUT2D eigenvalue weighted by Crippen LogP contribution is -2.28. The third-order valence-electron chi connectivity index (χ3n) is 3.22.